The number of hydrogen-bond donors (Lipinski definition) is 0. The molecule has 25 heavy (non-hydrogen) atoms. The predicted molar refractivity (Wildman–Crippen MR) is 93.5 cm³/mol. The summed E-state index contributed by atoms with van der Waals surface area (Å²) in [6.07, 6.45) is 0.700. The van der Waals surface area contributed by atoms with Crippen LogP contribution in [0.5, 0.6) is 0 Å². The zero-order valence-corrected chi connectivity index (χ0v) is 14.4. The van der Waals surface area contributed by atoms with E-state index in [2.05, 4.69) is 4.74 Å². The van der Waals surface area contributed by atoms with Crippen molar-refractivity contribution >= 4 is 29.0 Å². The van der Waals surface area contributed by atoms with Crippen molar-refractivity contribution in [3.63, 3.8) is 0 Å². The van der Waals surface area contributed by atoms with Crippen LogP contribution in [0, 0.1) is 5.82 Å². The maximum Gasteiger partial charge on any atom is 0.340 e. The highest BCUT2D eigenvalue weighted by Gasteiger charge is 2.30. The fourth-order valence-corrected chi connectivity index (χ4v) is 3.38. The molecule has 0 radical (unpaired) electrons. The highest BCUT2D eigenvalue weighted by Crippen LogP contribution is 2.37. The largest absolute Gasteiger partial charge is 0.465 e. The summed E-state index contributed by atoms with van der Waals surface area (Å²) in [6, 6.07) is 11.4. The van der Waals surface area contributed by atoms with Gasteiger partial charge >= 0.3 is 5.97 Å². The number of ketones is 1. The van der Waals surface area contributed by atoms with Crippen molar-refractivity contribution in [2.75, 3.05) is 18.6 Å². The molecule has 0 amide bonds. The minimum Gasteiger partial charge on any atom is -0.465 e. The number of rotatable bonds is 3. The quantitative estimate of drug-likeness (QED) is 0.769. The lowest BCUT2D eigenvalue weighted by atomic mass is 9.93. The number of methoxy groups -OCH3 is 1. The second-order valence-electron chi connectivity index (χ2n) is 5.88. The Balaban J connectivity index is 1.99. The molecule has 2 aromatic carbocycles. The van der Waals surface area contributed by atoms with Gasteiger partial charge in [-0.2, -0.15) is 0 Å². The summed E-state index contributed by atoms with van der Waals surface area (Å²) in [6.45, 7) is 0.464. The lowest BCUT2D eigenvalue weighted by Gasteiger charge is -2.37. The van der Waals surface area contributed by atoms with Gasteiger partial charge in [0.2, 0.25) is 0 Å². The molecule has 0 aromatic heterocycles. The number of benzene rings is 2. The Hall–Kier alpha value is -2.40. The number of anilines is 1. The van der Waals surface area contributed by atoms with Crippen LogP contribution in [0.3, 0.4) is 0 Å². The lowest BCUT2D eigenvalue weighted by Crippen LogP contribution is -2.37. The number of esters is 1. The Kier molecular flexibility index (Phi) is 5.04. The molecule has 0 N–H and O–H groups in total. The Morgan fingerprint density at radius 2 is 2.04 bits per heavy atom. The Morgan fingerprint density at radius 1 is 1.28 bits per heavy atom. The summed E-state index contributed by atoms with van der Waals surface area (Å²) in [4.78, 5) is 25.5. The van der Waals surface area contributed by atoms with Gasteiger partial charge in [0.15, 0.2) is 0 Å². The van der Waals surface area contributed by atoms with Gasteiger partial charge in [0, 0.05) is 30.1 Å². The minimum atomic E-state index is -0.722. The smallest absolute Gasteiger partial charge is 0.340 e. The molecule has 0 bridgehead atoms. The molecule has 1 heterocycles. The molecule has 1 atom stereocenters. The number of carbonyl (C=O) groups is 2. The molecular weight excluding hydrogens is 345 g/mol. The first-order valence-corrected chi connectivity index (χ1v) is 8.29. The number of hydrogen-bond acceptors (Lipinski definition) is 4. The molecule has 1 saturated heterocycles. The number of piperidine rings is 1. The van der Waals surface area contributed by atoms with Crippen molar-refractivity contribution in [1.82, 2.24) is 0 Å². The van der Waals surface area contributed by atoms with Gasteiger partial charge in [-0.1, -0.05) is 29.8 Å². The standard InChI is InChI=1S/C19H17ClFNO3/c1-25-19(24)15-7-6-12(10-17(15)21)22-9-8-13(23)11-18(22)14-4-2-3-5-16(14)20/h2-7,10,18H,8-9,11H2,1H3. The normalized spacial score (nSPS) is 17.5. The van der Waals surface area contributed by atoms with Crippen molar-refractivity contribution in [2.24, 2.45) is 0 Å². The highest BCUT2D eigenvalue weighted by molar-refractivity contribution is 6.31. The third-order valence-corrected chi connectivity index (χ3v) is 4.73. The maximum atomic E-state index is 14.3. The Labute approximate surface area is 150 Å². The molecule has 1 unspecified atom stereocenters. The van der Waals surface area contributed by atoms with Crippen LogP contribution in [0.4, 0.5) is 10.1 Å². The summed E-state index contributed by atoms with van der Waals surface area (Å²) >= 11 is 6.30. The van der Waals surface area contributed by atoms with E-state index in [0.717, 1.165) is 5.56 Å². The van der Waals surface area contributed by atoms with Gasteiger partial charge in [-0.3, -0.25) is 4.79 Å². The van der Waals surface area contributed by atoms with E-state index in [9.17, 15) is 14.0 Å². The van der Waals surface area contributed by atoms with Crippen LogP contribution in [0.25, 0.3) is 0 Å². The fourth-order valence-electron chi connectivity index (χ4n) is 3.12. The molecule has 1 aliphatic heterocycles. The van der Waals surface area contributed by atoms with Gasteiger partial charge in [0.25, 0.3) is 0 Å². The van der Waals surface area contributed by atoms with Gasteiger partial charge in [0.05, 0.1) is 18.7 Å². The van der Waals surface area contributed by atoms with E-state index in [1.54, 1.807) is 12.1 Å². The first-order chi connectivity index (χ1) is 12.0. The van der Waals surface area contributed by atoms with Gasteiger partial charge in [-0.25, -0.2) is 9.18 Å². The molecule has 1 aliphatic rings. The summed E-state index contributed by atoms with van der Waals surface area (Å²) in [5.41, 5.74) is 1.31. The predicted octanol–water partition coefficient (Wildman–Crippen LogP) is 4.18. The molecule has 2 aromatic rings. The number of nitrogens with zero attached hydrogens (tertiary/aromatic N) is 1. The van der Waals surface area contributed by atoms with Gasteiger partial charge in [-0.15, -0.1) is 0 Å². The Morgan fingerprint density at radius 3 is 2.72 bits per heavy atom. The van der Waals surface area contributed by atoms with Crippen LogP contribution in [0.15, 0.2) is 42.5 Å². The van der Waals surface area contributed by atoms with Crippen LogP contribution < -0.4 is 4.90 Å². The Bertz CT molecular complexity index is 824. The molecular formula is C19H17ClFNO3. The molecule has 1 fully saturated rings. The van der Waals surface area contributed by atoms with Gasteiger partial charge in [0.1, 0.15) is 11.6 Å². The van der Waals surface area contributed by atoms with E-state index in [0.29, 0.717) is 30.1 Å². The number of ether oxygens (including phenoxy) is 1. The van der Waals surface area contributed by atoms with Gasteiger partial charge < -0.3 is 9.64 Å². The lowest BCUT2D eigenvalue weighted by molar-refractivity contribution is -0.120. The SMILES string of the molecule is COC(=O)c1ccc(N2CCC(=O)CC2c2ccccc2Cl)cc1F. The van der Waals surface area contributed by atoms with E-state index in [1.165, 1.54) is 19.2 Å². The van der Waals surface area contributed by atoms with Crippen LogP contribution in [-0.4, -0.2) is 25.4 Å². The molecule has 0 saturated carbocycles. The minimum absolute atomic E-state index is 0.117. The highest BCUT2D eigenvalue weighted by atomic mass is 35.5. The first-order valence-electron chi connectivity index (χ1n) is 7.92. The summed E-state index contributed by atoms with van der Waals surface area (Å²) in [5.74, 6) is -1.23. The zero-order valence-electron chi connectivity index (χ0n) is 13.7. The average molecular weight is 362 g/mol. The summed E-state index contributed by atoms with van der Waals surface area (Å²) in [5, 5.41) is 0.568. The third kappa shape index (κ3) is 3.51. The summed E-state index contributed by atoms with van der Waals surface area (Å²) in [7, 11) is 1.21. The number of halogens is 2. The topological polar surface area (TPSA) is 46.6 Å². The molecule has 0 aliphatic carbocycles. The van der Waals surface area contributed by atoms with Crippen LogP contribution >= 0.6 is 11.6 Å². The van der Waals surface area contributed by atoms with Crippen LogP contribution in [0.2, 0.25) is 5.02 Å². The average Bonchev–Trinajstić information content (AvgIpc) is 2.61. The van der Waals surface area contributed by atoms with Gasteiger partial charge in [-0.05, 0) is 29.8 Å². The second-order valence-corrected chi connectivity index (χ2v) is 6.29. The van der Waals surface area contributed by atoms with E-state index < -0.39 is 11.8 Å². The number of Topliss-reactive ketones (excluding diaryl/α,β-unsaturated/α-hetero) is 1. The van der Waals surface area contributed by atoms with E-state index in [1.807, 2.05) is 23.1 Å². The molecule has 130 valence electrons. The number of carbonyl (C=O) groups excluding carboxylic acids is 2. The van der Waals surface area contributed by atoms with Crippen LogP contribution in [-0.2, 0) is 9.53 Å². The molecule has 3 rings (SSSR count). The van der Waals surface area contributed by atoms with E-state index in [4.69, 9.17) is 11.6 Å². The van der Waals surface area contributed by atoms with E-state index >= 15 is 0 Å². The fraction of sp³-hybridized carbons (Fsp3) is 0.263. The maximum absolute atomic E-state index is 14.3. The van der Waals surface area contributed by atoms with Crippen molar-refractivity contribution < 1.29 is 18.7 Å². The van der Waals surface area contributed by atoms with Crippen molar-refractivity contribution in [1.29, 1.82) is 0 Å². The van der Waals surface area contributed by atoms with E-state index in [-0.39, 0.29) is 17.4 Å². The van der Waals surface area contributed by atoms with Crippen molar-refractivity contribution in [3.05, 3.63) is 64.4 Å². The summed E-state index contributed by atoms with van der Waals surface area (Å²) < 4.78 is 18.9. The van der Waals surface area contributed by atoms with Crippen molar-refractivity contribution in [2.45, 2.75) is 18.9 Å². The second kappa shape index (κ2) is 7.23. The third-order valence-electron chi connectivity index (χ3n) is 4.38. The first kappa shape index (κ1) is 17.4. The monoisotopic (exact) mass is 361 g/mol. The molecule has 6 heteroatoms. The molecule has 0 spiro atoms. The zero-order chi connectivity index (χ0) is 18.0. The van der Waals surface area contributed by atoms with Crippen molar-refractivity contribution in [3.8, 4) is 0 Å². The molecule has 4 nitrogen and oxygen atoms in total. The van der Waals surface area contributed by atoms with Crippen LogP contribution in [0.1, 0.15) is 34.8 Å².